The highest BCUT2D eigenvalue weighted by Gasteiger charge is 2.03. The third-order valence-electron chi connectivity index (χ3n) is 5.61. The van der Waals surface area contributed by atoms with Crippen molar-refractivity contribution >= 4 is 6.08 Å². The quantitative estimate of drug-likeness (QED) is 0.298. The third kappa shape index (κ3) is 7.65. The molecule has 1 N–H and O–H groups in total. The van der Waals surface area contributed by atoms with E-state index in [0.29, 0.717) is 6.10 Å². The molecule has 168 valence electrons. The highest BCUT2D eigenvalue weighted by molar-refractivity contribution is 5.70. The van der Waals surface area contributed by atoms with Crippen LogP contribution < -0.4 is 0 Å². The second-order valence-corrected chi connectivity index (χ2v) is 8.32. The number of unbranched alkanes of at least 4 members (excludes halogenated alkanes) is 3. The second kappa shape index (κ2) is 12.8. The van der Waals surface area contributed by atoms with Crippen LogP contribution in [0.15, 0.2) is 72.9 Å². The van der Waals surface area contributed by atoms with Crippen molar-refractivity contribution < 1.29 is 9.84 Å². The Hall–Kier alpha value is -2.91. The van der Waals surface area contributed by atoms with Gasteiger partial charge in [0.1, 0.15) is 5.75 Å². The molecule has 0 aliphatic rings. The molecular weight excluding hydrogens is 394 g/mol. The first-order valence-electron chi connectivity index (χ1n) is 11.8. The Labute approximate surface area is 192 Å². The van der Waals surface area contributed by atoms with E-state index in [1.807, 2.05) is 6.07 Å². The van der Waals surface area contributed by atoms with E-state index in [9.17, 15) is 5.11 Å². The van der Waals surface area contributed by atoms with Gasteiger partial charge in [0, 0.05) is 12.2 Å². The van der Waals surface area contributed by atoms with Crippen LogP contribution in [0.3, 0.4) is 0 Å². The summed E-state index contributed by atoms with van der Waals surface area (Å²) in [4.78, 5) is 4.27. The molecule has 1 unspecified atom stereocenters. The molecule has 2 aromatic carbocycles. The second-order valence-electron chi connectivity index (χ2n) is 8.32. The summed E-state index contributed by atoms with van der Waals surface area (Å²) >= 11 is 0. The number of ether oxygens (including phenoxy) is 1. The molecule has 1 heterocycles. The van der Waals surface area contributed by atoms with E-state index in [1.54, 1.807) is 6.07 Å². The topological polar surface area (TPSA) is 42.4 Å². The molecule has 0 bridgehead atoms. The summed E-state index contributed by atoms with van der Waals surface area (Å²) in [6, 6.07) is 20.5. The minimum absolute atomic E-state index is 0.181. The molecular formula is C29H35NO2. The molecule has 3 rings (SSSR count). The van der Waals surface area contributed by atoms with E-state index < -0.39 is 0 Å². The van der Waals surface area contributed by atoms with Crippen LogP contribution >= 0.6 is 0 Å². The minimum atomic E-state index is 0.181. The highest BCUT2D eigenvalue weighted by atomic mass is 16.5. The van der Waals surface area contributed by atoms with Gasteiger partial charge >= 0.3 is 0 Å². The van der Waals surface area contributed by atoms with Crippen LogP contribution in [-0.2, 0) is 4.74 Å². The van der Waals surface area contributed by atoms with E-state index in [-0.39, 0.29) is 5.75 Å². The zero-order chi connectivity index (χ0) is 22.6. The molecule has 0 aliphatic heterocycles. The first kappa shape index (κ1) is 23.7. The van der Waals surface area contributed by atoms with Gasteiger partial charge < -0.3 is 9.84 Å². The predicted molar refractivity (Wildman–Crippen MR) is 135 cm³/mol. The number of nitrogens with zero attached hydrogens (tertiary/aromatic N) is 1. The monoisotopic (exact) mass is 429 g/mol. The molecule has 1 atom stereocenters. The summed E-state index contributed by atoms with van der Waals surface area (Å²) in [5.74, 6) is 0.181. The number of allylic oxidation sites excluding steroid dienone is 1. The third-order valence-corrected chi connectivity index (χ3v) is 5.61. The Morgan fingerprint density at radius 3 is 2.22 bits per heavy atom. The van der Waals surface area contributed by atoms with Gasteiger partial charge in [-0.15, -0.1) is 0 Å². The predicted octanol–water partition coefficient (Wildman–Crippen LogP) is 7.90. The zero-order valence-corrected chi connectivity index (χ0v) is 19.3. The maximum absolute atomic E-state index is 9.39. The Morgan fingerprint density at radius 2 is 1.56 bits per heavy atom. The fourth-order valence-electron chi connectivity index (χ4n) is 3.64. The van der Waals surface area contributed by atoms with E-state index in [0.717, 1.165) is 37.1 Å². The summed E-state index contributed by atoms with van der Waals surface area (Å²) in [6.07, 6.45) is 13.3. The fourth-order valence-corrected chi connectivity index (χ4v) is 3.64. The molecule has 32 heavy (non-hydrogen) atoms. The van der Waals surface area contributed by atoms with E-state index in [1.165, 1.54) is 42.1 Å². The number of aromatic nitrogens is 1. The van der Waals surface area contributed by atoms with E-state index in [2.05, 4.69) is 79.5 Å². The molecule has 0 fully saturated rings. The number of rotatable bonds is 12. The number of pyridine rings is 1. The summed E-state index contributed by atoms with van der Waals surface area (Å²) in [7, 11) is 0. The first-order chi connectivity index (χ1) is 15.7. The van der Waals surface area contributed by atoms with Gasteiger partial charge in [0.25, 0.3) is 0 Å². The van der Waals surface area contributed by atoms with Gasteiger partial charge in [-0.3, -0.25) is 4.98 Å². The normalized spacial score (nSPS) is 12.3. The number of aromatic hydroxyl groups is 1. The average molecular weight is 430 g/mol. The van der Waals surface area contributed by atoms with Crippen molar-refractivity contribution in [1.82, 2.24) is 4.98 Å². The minimum Gasteiger partial charge on any atom is -0.506 e. The molecule has 0 amide bonds. The van der Waals surface area contributed by atoms with Crippen molar-refractivity contribution in [3.8, 4) is 28.1 Å². The average Bonchev–Trinajstić information content (AvgIpc) is 2.83. The Kier molecular flexibility index (Phi) is 9.52. The largest absolute Gasteiger partial charge is 0.506 e. The van der Waals surface area contributed by atoms with Crippen molar-refractivity contribution in [1.29, 1.82) is 0 Å². The van der Waals surface area contributed by atoms with Gasteiger partial charge in [-0.25, -0.2) is 0 Å². The Bertz CT molecular complexity index is 944. The maximum atomic E-state index is 9.39. The van der Waals surface area contributed by atoms with Crippen molar-refractivity contribution in [3.05, 3.63) is 78.5 Å². The standard InChI is InChI=1S/C29H35NO2/c1-3-4-8-21-32-23(2)9-6-5-7-10-24-11-13-25(14-12-24)26-15-17-27(18-16-26)29-20-19-28(31)22-30-29/h7,10-20,22-23,31H,3-6,8-9,21H2,1-2H3. The van der Waals surface area contributed by atoms with Gasteiger partial charge in [0.15, 0.2) is 0 Å². The summed E-state index contributed by atoms with van der Waals surface area (Å²) in [5.41, 5.74) is 5.49. The van der Waals surface area contributed by atoms with Crippen molar-refractivity contribution in [2.45, 2.75) is 58.5 Å². The SMILES string of the molecule is CCCCCOC(C)CCCC=Cc1ccc(-c2ccc(-c3ccc(O)cn3)cc2)cc1. The molecule has 1 aromatic heterocycles. The van der Waals surface area contributed by atoms with Crippen molar-refractivity contribution in [3.63, 3.8) is 0 Å². The molecule has 0 aliphatic carbocycles. The lowest BCUT2D eigenvalue weighted by molar-refractivity contribution is 0.0566. The maximum Gasteiger partial charge on any atom is 0.133 e. The van der Waals surface area contributed by atoms with Crippen molar-refractivity contribution in [2.75, 3.05) is 6.61 Å². The van der Waals surface area contributed by atoms with Crippen LogP contribution in [0.2, 0.25) is 0 Å². The van der Waals surface area contributed by atoms with Gasteiger partial charge in [-0.2, -0.15) is 0 Å². The van der Waals surface area contributed by atoms with Crippen LogP contribution in [0.5, 0.6) is 5.75 Å². The van der Waals surface area contributed by atoms with Gasteiger partial charge in [-0.1, -0.05) is 80.4 Å². The highest BCUT2D eigenvalue weighted by Crippen LogP contribution is 2.25. The van der Waals surface area contributed by atoms with Gasteiger partial charge in [0.05, 0.1) is 18.0 Å². The summed E-state index contributed by atoms with van der Waals surface area (Å²) in [6.45, 7) is 5.30. The lowest BCUT2D eigenvalue weighted by atomic mass is 10.0. The molecule has 0 radical (unpaired) electrons. The van der Waals surface area contributed by atoms with Crippen LogP contribution in [0.25, 0.3) is 28.5 Å². The lowest BCUT2D eigenvalue weighted by Gasteiger charge is -2.12. The molecule has 3 heteroatoms. The number of hydrogen-bond donors (Lipinski definition) is 1. The summed E-state index contributed by atoms with van der Waals surface area (Å²) in [5, 5.41) is 9.39. The number of benzene rings is 2. The zero-order valence-electron chi connectivity index (χ0n) is 19.3. The van der Waals surface area contributed by atoms with Crippen LogP contribution in [0.1, 0.15) is 57.9 Å². The van der Waals surface area contributed by atoms with Gasteiger partial charge in [0.2, 0.25) is 0 Å². The fraction of sp³-hybridized carbons (Fsp3) is 0.345. The molecule has 3 aromatic rings. The smallest absolute Gasteiger partial charge is 0.133 e. The Balaban J connectivity index is 1.45. The summed E-state index contributed by atoms with van der Waals surface area (Å²) < 4.78 is 5.86. The van der Waals surface area contributed by atoms with Crippen LogP contribution in [-0.4, -0.2) is 22.8 Å². The Morgan fingerprint density at radius 1 is 0.875 bits per heavy atom. The van der Waals surface area contributed by atoms with Gasteiger partial charge in [-0.05, 0) is 61.4 Å². The van der Waals surface area contributed by atoms with E-state index in [4.69, 9.17) is 4.74 Å². The van der Waals surface area contributed by atoms with Crippen molar-refractivity contribution in [2.24, 2.45) is 0 Å². The van der Waals surface area contributed by atoms with Crippen LogP contribution in [0, 0.1) is 0 Å². The van der Waals surface area contributed by atoms with Crippen LogP contribution in [0.4, 0.5) is 0 Å². The van der Waals surface area contributed by atoms with E-state index >= 15 is 0 Å². The molecule has 0 spiro atoms. The molecule has 0 saturated heterocycles. The lowest BCUT2D eigenvalue weighted by Crippen LogP contribution is -2.08. The molecule has 3 nitrogen and oxygen atoms in total. The molecule has 0 saturated carbocycles. The number of hydrogen-bond acceptors (Lipinski definition) is 3. The first-order valence-corrected chi connectivity index (χ1v) is 11.8.